The smallest absolute Gasteiger partial charge is 0.337 e. The van der Waals surface area contributed by atoms with Crippen LogP contribution in [0.3, 0.4) is 0 Å². The largest absolute Gasteiger partial charge is 0.478 e. The molecule has 0 aromatic carbocycles. The van der Waals surface area contributed by atoms with Crippen LogP contribution in [0.1, 0.15) is 21.7 Å². The van der Waals surface area contributed by atoms with Gasteiger partial charge in [0.25, 0.3) is 0 Å². The summed E-state index contributed by atoms with van der Waals surface area (Å²) in [5, 5.41) is 10.3. The average Bonchev–Trinajstić information content (AvgIpc) is 2.51. The van der Waals surface area contributed by atoms with Crippen molar-refractivity contribution in [1.29, 1.82) is 0 Å². The second-order valence-corrected chi connectivity index (χ2v) is 3.33. The molecule has 1 amide bonds. The summed E-state index contributed by atoms with van der Waals surface area (Å²) in [6.07, 6.45) is -0.0586. The van der Waals surface area contributed by atoms with Crippen LogP contribution in [0, 0.1) is 11.8 Å². The predicted octanol–water partition coefficient (Wildman–Crippen LogP) is 0.673. The van der Waals surface area contributed by atoms with E-state index in [2.05, 4.69) is 11.8 Å². The Morgan fingerprint density at radius 2 is 2.29 bits per heavy atom. The lowest BCUT2D eigenvalue weighted by atomic mass is 10.2. The Hall–Kier alpha value is -1.80. The first-order chi connectivity index (χ1) is 6.61. The van der Waals surface area contributed by atoms with Crippen LogP contribution >= 0.6 is 11.3 Å². The monoisotopic (exact) mass is 209 g/mol. The van der Waals surface area contributed by atoms with Crippen molar-refractivity contribution in [2.75, 3.05) is 0 Å². The maximum atomic E-state index is 10.6. The van der Waals surface area contributed by atoms with E-state index in [9.17, 15) is 9.59 Å². The fraction of sp³-hybridized carbons (Fsp3) is 0.111. The second kappa shape index (κ2) is 4.44. The van der Waals surface area contributed by atoms with Gasteiger partial charge in [0.2, 0.25) is 5.91 Å². The number of nitrogens with two attached hydrogens (primary N) is 1. The lowest BCUT2D eigenvalue weighted by Gasteiger charge is -1.87. The van der Waals surface area contributed by atoms with Crippen molar-refractivity contribution in [3.8, 4) is 11.8 Å². The molecule has 1 aromatic heterocycles. The standard InChI is InChI=1S/C9H7NO3S/c10-8(11)3-1-2-7-6(9(12)13)4-5-14-7/h4-5H,3H2,(H2,10,11)(H,12,13). The first kappa shape index (κ1) is 10.3. The van der Waals surface area contributed by atoms with Gasteiger partial charge in [-0.3, -0.25) is 4.79 Å². The lowest BCUT2D eigenvalue weighted by molar-refractivity contribution is -0.117. The summed E-state index contributed by atoms with van der Waals surface area (Å²) in [5.41, 5.74) is 5.03. The molecule has 0 saturated heterocycles. The molecule has 14 heavy (non-hydrogen) atoms. The molecule has 4 nitrogen and oxygen atoms in total. The van der Waals surface area contributed by atoms with Gasteiger partial charge in [0.1, 0.15) is 0 Å². The number of aromatic carboxylic acids is 1. The van der Waals surface area contributed by atoms with E-state index in [-0.39, 0.29) is 12.0 Å². The first-order valence-electron chi connectivity index (χ1n) is 3.69. The van der Waals surface area contributed by atoms with Crippen LogP contribution in [0.15, 0.2) is 11.4 Å². The Morgan fingerprint density at radius 3 is 2.86 bits per heavy atom. The topological polar surface area (TPSA) is 80.4 Å². The highest BCUT2D eigenvalue weighted by molar-refractivity contribution is 7.10. The molecular formula is C9H7NO3S. The van der Waals surface area contributed by atoms with Gasteiger partial charge in [-0.05, 0) is 11.4 Å². The van der Waals surface area contributed by atoms with Crippen LogP contribution in [0.4, 0.5) is 0 Å². The summed E-state index contributed by atoms with van der Waals surface area (Å²) in [6.45, 7) is 0. The summed E-state index contributed by atoms with van der Waals surface area (Å²) in [4.78, 5) is 21.4. The molecule has 1 rings (SSSR count). The zero-order valence-electron chi connectivity index (χ0n) is 7.11. The molecule has 0 aliphatic heterocycles. The van der Waals surface area contributed by atoms with Crippen molar-refractivity contribution >= 4 is 23.2 Å². The molecule has 0 atom stereocenters. The third kappa shape index (κ3) is 2.61. The summed E-state index contributed by atoms with van der Waals surface area (Å²) in [7, 11) is 0. The van der Waals surface area contributed by atoms with E-state index in [0.29, 0.717) is 4.88 Å². The van der Waals surface area contributed by atoms with Gasteiger partial charge in [-0.1, -0.05) is 11.8 Å². The molecule has 0 aliphatic rings. The minimum absolute atomic E-state index is 0.0586. The Balaban J connectivity index is 2.84. The summed E-state index contributed by atoms with van der Waals surface area (Å²) < 4.78 is 0. The van der Waals surface area contributed by atoms with Crippen LogP contribution < -0.4 is 5.73 Å². The van der Waals surface area contributed by atoms with Crippen LogP contribution in [0.25, 0.3) is 0 Å². The van der Waals surface area contributed by atoms with Gasteiger partial charge in [-0.2, -0.15) is 0 Å². The number of hydrogen-bond donors (Lipinski definition) is 2. The van der Waals surface area contributed by atoms with Crippen molar-refractivity contribution in [3.05, 3.63) is 21.9 Å². The van der Waals surface area contributed by atoms with Crippen molar-refractivity contribution in [3.63, 3.8) is 0 Å². The molecule has 0 unspecified atom stereocenters. The lowest BCUT2D eigenvalue weighted by Crippen LogP contribution is -2.08. The third-order valence-corrected chi connectivity index (χ3v) is 2.19. The molecule has 0 aliphatic carbocycles. The average molecular weight is 209 g/mol. The molecule has 0 saturated carbocycles. The molecule has 0 radical (unpaired) electrons. The summed E-state index contributed by atoms with van der Waals surface area (Å²) in [5.74, 6) is 3.56. The molecule has 3 N–H and O–H groups in total. The fourth-order valence-electron chi connectivity index (χ4n) is 0.786. The molecule has 1 aromatic rings. The molecular weight excluding hydrogens is 202 g/mol. The first-order valence-corrected chi connectivity index (χ1v) is 4.57. The maximum absolute atomic E-state index is 10.6. The molecule has 5 heteroatoms. The Morgan fingerprint density at radius 1 is 1.57 bits per heavy atom. The van der Waals surface area contributed by atoms with E-state index in [0.717, 1.165) is 0 Å². The summed E-state index contributed by atoms with van der Waals surface area (Å²) in [6, 6.07) is 1.47. The van der Waals surface area contributed by atoms with Crippen LogP contribution in [-0.4, -0.2) is 17.0 Å². The van der Waals surface area contributed by atoms with E-state index in [4.69, 9.17) is 10.8 Å². The van der Waals surface area contributed by atoms with Gasteiger partial charge in [0, 0.05) is 0 Å². The Labute approximate surface area is 84.4 Å². The normalized spacial score (nSPS) is 8.86. The number of carboxylic acid groups (broad SMARTS) is 1. The van der Waals surface area contributed by atoms with E-state index < -0.39 is 11.9 Å². The number of thiophene rings is 1. The van der Waals surface area contributed by atoms with E-state index in [1.807, 2.05) is 0 Å². The highest BCUT2D eigenvalue weighted by Gasteiger charge is 2.08. The van der Waals surface area contributed by atoms with E-state index in [1.54, 1.807) is 5.38 Å². The fourth-order valence-corrected chi connectivity index (χ4v) is 1.54. The van der Waals surface area contributed by atoms with Crippen LogP contribution in [0.2, 0.25) is 0 Å². The zero-order chi connectivity index (χ0) is 10.6. The van der Waals surface area contributed by atoms with Gasteiger partial charge in [-0.25, -0.2) is 4.79 Å². The van der Waals surface area contributed by atoms with Crippen molar-refractivity contribution < 1.29 is 14.7 Å². The Bertz CT molecular complexity index is 425. The van der Waals surface area contributed by atoms with Crippen LogP contribution in [0.5, 0.6) is 0 Å². The van der Waals surface area contributed by atoms with Crippen LogP contribution in [-0.2, 0) is 4.79 Å². The van der Waals surface area contributed by atoms with Gasteiger partial charge in [-0.15, -0.1) is 11.3 Å². The minimum Gasteiger partial charge on any atom is -0.478 e. The summed E-state index contributed by atoms with van der Waals surface area (Å²) >= 11 is 1.22. The number of carbonyl (C=O) groups is 2. The van der Waals surface area contributed by atoms with Crippen molar-refractivity contribution in [2.45, 2.75) is 6.42 Å². The third-order valence-electron chi connectivity index (χ3n) is 1.36. The van der Waals surface area contributed by atoms with E-state index in [1.165, 1.54) is 17.4 Å². The van der Waals surface area contributed by atoms with Crippen molar-refractivity contribution in [1.82, 2.24) is 0 Å². The second-order valence-electron chi connectivity index (χ2n) is 2.41. The number of amides is 1. The van der Waals surface area contributed by atoms with Crippen molar-refractivity contribution in [2.24, 2.45) is 5.73 Å². The molecule has 0 fully saturated rings. The quantitative estimate of drug-likeness (QED) is 0.702. The predicted molar refractivity (Wildman–Crippen MR) is 52.0 cm³/mol. The molecule has 0 bridgehead atoms. The van der Waals surface area contributed by atoms with Gasteiger partial charge in [0.05, 0.1) is 16.9 Å². The number of carboxylic acids is 1. The highest BCUT2D eigenvalue weighted by atomic mass is 32.1. The Kier molecular flexibility index (Phi) is 3.26. The maximum Gasteiger partial charge on any atom is 0.337 e. The SMILES string of the molecule is NC(=O)CC#Cc1sccc1C(=O)O. The van der Waals surface area contributed by atoms with E-state index >= 15 is 0 Å². The van der Waals surface area contributed by atoms with Gasteiger partial charge in [0.15, 0.2) is 0 Å². The minimum atomic E-state index is -1.02. The number of primary amides is 1. The molecule has 1 heterocycles. The van der Waals surface area contributed by atoms with Gasteiger partial charge < -0.3 is 10.8 Å². The number of hydrogen-bond acceptors (Lipinski definition) is 3. The zero-order valence-corrected chi connectivity index (χ0v) is 7.93. The van der Waals surface area contributed by atoms with Gasteiger partial charge >= 0.3 is 5.97 Å². The molecule has 0 spiro atoms. The molecule has 72 valence electrons. The number of carbonyl (C=O) groups excluding carboxylic acids is 1. The highest BCUT2D eigenvalue weighted by Crippen LogP contribution is 2.14. The number of rotatable bonds is 2.